The topological polar surface area (TPSA) is 3.24 Å². The van der Waals surface area contributed by atoms with Crippen LogP contribution in [0.5, 0.6) is 0 Å². The second-order valence-corrected chi connectivity index (χ2v) is 16.0. The average molecular weight is 788 g/mol. The predicted octanol–water partition coefficient (Wildman–Crippen LogP) is 14.0. The lowest BCUT2D eigenvalue weighted by Crippen LogP contribution is -2.58. The number of anilines is 3. The van der Waals surface area contributed by atoms with E-state index in [0.29, 0.717) is 0 Å². The lowest BCUT2D eigenvalue weighted by atomic mass is 9.33. The minimum Gasteiger partial charge on any atom is -0.310 e. The van der Waals surface area contributed by atoms with Crippen LogP contribution in [0.2, 0.25) is 0 Å². The molecule has 0 aliphatic carbocycles. The number of benzene rings is 10. The monoisotopic (exact) mass is 787 g/mol. The zero-order valence-corrected chi connectivity index (χ0v) is 34.3. The van der Waals surface area contributed by atoms with Crippen molar-refractivity contribution in [1.29, 1.82) is 0 Å². The predicted molar refractivity (Wildman–Crippen MR) is 265 cm³/mol. The maximum absolute atomic E-state index is 2.56. The fourth-order valence-corrected chi connectivity index (χ4v) is 9.54. The molecule has 0 unspecified atom stereocenters. The highest BCUT2D eigenvalue weighted by molar-refractivity contribution is 6.99. The molecule has 1 aliphatic rings. The molecule has 1 aliphatic heterocycles. The van der Waals surface area contributed by atoms with Gasteiger partial charge in [-0.25, -0.2) is 0 Å². The third-order valence-corrected chi connectivity index (χ3v) is 12.3. The standard InChI is InChI=1S/C60H42BN/c1-7-23-43(24-8-1)49-39-51(45-27-11-3-12-28-45)59(52(40-49)46-29-13-4-14-30-46)61-55-35-19-21-37-57(55)62(58-38-22-20-36-56(58)61)60-53(47-31-15-5-16-32-47)41-50(44-25-9-2-10-26-44)42-54(60)48-33-17-6-18-34-48/h1-42H. The molecule has 1 heterocycles. The Kier molecular flexibility index (Phi) is 9.73. The van der Waals surface area contributed by atoms with Gasteiger partial charge in [0, 0.05) is 22.5 Å². The quantitative estimate of drug-likeness (QED) is 0.139. The summed E-state index contributed by atoms with van der Waals surface area (Å²) in [5, 5.41) is 0. The summed E-state index contributed by atoms with van der Waals surface area (Å²) < 4.78 is 0. The Hall–Kier alpha value is -7.94. The average Bonchev–Trinajstić information content (AvgIpc) is 3.36. The smallest absolute Gasteiger partial charge is 0.248 e. The van der Waals surface area contributed by atoms with Gasteiger partial charge < -0.3 is 4.90 Å². The molecule has 0 N–H and O–H groups in total. The van der Waals surface area contributed by atoms with E-state index in [1.807, 2.05) is 0 Å². The number of nitrogens with zero attached hydrogens (tertiary/aromatic N) is 1. The highest BCUT2D eigenvalue weighted by Crippen LogP contribution is 2.49. The molecule has 0 bridgehead atoms. The SMILES string of the molecule is c1ccc(-c2cc(-c3ccccc3)c(B3c4ccccc4N(c4c(-c5ccccc5)cc(-c5ccccc5)cc4-c4ccccc4)c4ccccc43)c(-c3ccccc3)c2)cc1. The molecule has 0 amide bonds. The molecule has 290 valence electrons. The maximum Gasteiger partial charge on any atom is 0.248 e. The summed E-state index contributed by atoms with van der Waals surface area (Å²) in [6.07, 6.45) is 0. The van der Waals surface area contributed by atoms with E-state index in [1.165, 1.54) is 94.5 Å². The molecule has 0 radical (unpaired) electrons. The first-order valence-electron chi connectivity index (χ1n) is 21.5. The lowest BCUT2D eigenvalue weighted by Gasteiger charge is -2.40. The molecule has 1 nitrogen and oxygen atoms in total. The molecule has 10 aromatic carbocycles. The summed E-state index contributed by atoms with van der Waals surface area (Å²) in [5.74, 6) is 0. The maximum atomic E-state index is 2.56. The molecule has 0 atom stereocenters. The van der Waals surface area contributed by atoms with Crippen molar-refractivity contribution in [3.8, 4) is 66.8 Å². The van der Waals surface area contributed by atoms with E-state index in [1.54, 1.807) is 0 Å². The fraction of sp³-hybridized carbons (Fsp3) is 0. The van der Waals surface area contributed by atoms with Gasteiger partial charge >= 0.3 is 0 Å². The van der Waals surface area contributed by atoms with Crippen molar-refractivity contribution >= 4 is 40.2 Å². The zero-order valence-electron chi connectivity index (χ0n) is 34.3. The second-order valence-electron chi connectivity index (χ2n) is 16.0. The summed E-state index contributed by atoms with van der Waals surface area (Å²) in [6.45, 7) is -0.0853. The van der Waals surface area contributed by atoms with Crippen LogP contribution in [0, 0.1) is 0 Å². The van der Waals surface area contributed by atoms with Crippen molar-refractivity contribution in [3.05, 3.63) is 255 Å². The van der Waals surface area contributed by atoms with Crippen molar-refractivity contribution in [3.63, 3.8) is 0 Å². The third kappa shape index (κ3) is 6.73. The van der Waals surface area contributed by atoms with Crippen molar-refractivity contribution in [2.45, 2.75) is 0 Å². The van der Waals surface area contributed by atoms with Gasteiger partial charge in [0.25, 0.3) is 0 Å². The third-order valence-electron chi connectivity index (χ3n) is 12.3. The molecule has 0 fully saturated rings. The van der Waals surface area contributed by atoms with Crippen LogP contribution in [0.4, 0.5) is 17.1 Å². The number of fused-ring (bicyclic) bond motifs is 2. The van der Waals surface area contributed by atoms with Gasteiger partial charge in [-0.1, -0.05) is 224 Å². The minimum absolute atomic E-state index is 0.0853. The van der Waals surface area contributed by atoms with Gasteiger partial charge in [-0.05, 0) is 103 Å². The van der Waals surface area contributed by atoms with Gasteiger partial charge in [0.2, 0.25) is 6.71 Å². The Labute approximate surface area is 365 Å². The van der Waals surface area contributed by atoms with E-state index < -0.39 is 0 Å². The summed E-state index contributed by atoms with van der Waals surface area (Å²) in [4.78, 5) is 2.56. The van der Waals surface area contributed by atoms with E-state index >= 15 is 0 Å². The normalized spacial score (nSPS) is 11.8. The van der Waals surface area contributed by atoms with Crippen LogP contribution >= 0.6 is 0 Å². The summed E-state index contributed by atoms with van der Waals surface area (Å²) in [6, 6.07) is 93.2. The van der Waals surface area contributed by atoms with E-state index in [9.17, 15) is 0 Å². The van der Waals surface area contributed by atoms with Gasteiger partial charge in [-0.2, -0.15) is 0 Å². The van der Waals surface area contributed by atoms with Crippen molar-refractivity contribution < 1.29 is 0 Å². The summed E-state index contributed by atoms with van der Waals surface area (Å²) in [7, 11) is 0. The molecule has 11 rings (SSSR count). The van der Waals surface area contributed by atoms with Crippen molar-refractivity contribution in [2.24, 2.45) is 0 Å². The molecule has 0 saturated carbocycles. The van der Waals surface area contributed by atoms with Crippen LogP contribution in [0.25, 0.3) is 66.8 Å². The van der Waals surface area contributed by atoms with Gasteiger partial charge in [0.1, 0.15) is 0 Å². The molecule has 10 aromatic rings. The van der Waals surface area contributed by atoms with Crippen LogP contribution in [-0.4, -0.2) is 6.71 Å². The highest BCUT2D eigenvalue weighted by atomic mass is 15.2. The molecule has 0 spiro atoms. The Morgan fingerprint density at radius 3 is 0.871 bits per heavy atom. The van der Waals surface area contributed by atoms with Crippen LogP contribution in [0.3, 0.4) is 0 Å². The number of hydrogen-bond acceptors (Lipinski definition) is 1. The van der Waals surface area contributed by atoms with Gasteiger partial charge in [-0.3, -0.25) is 0 Å². The van der Waals surface area contributed by atoms with Gasteiger partial charge in [0.15, 0.2) is 0 Å². The Balaban J connectivity index is 1.23. The fourth-order valence-electron chi connectivity index (χ4n) is 9.54. The molecular formula is C60H42BN. The summed E-state index contributed by atoms with van der Waals surface area (Å²) in [5.41, 5.74) is 21.6. The molecule has 0 aromatic heterocycles. The van der Waals surface area contributed by atoms with E-state index in [-0.39, 0.29) is 6.71 Å². The van der Waals surface area contributed by atoms with Crippen LogP contribution in [-0.2, 0) is 0 Å². The second kappa shape index (κ2) is 16.3. The van der Waals surface area contributed by atoms with E-state index in [2.05, 4.69) is 260 Å². The van der Waals surface area contributed by atoms with Crippen molar-refractivity contribution in [2.75, 3.05) is 4.90 Å². The van der Waals surface area contributed by atoms with Gasteiger partial charge in [-0.15, -0.1) is 0 Å². The zero-order chi connectivity index (χ0) is 41.2. The Bertz CT molecular complexity index is 2760. The number of hydrogen-bond donors (Lipinski definition) is 0. The van der Waals surface area contributed by atoms with Crippen LogP contribution in [0.15, 0.2) is 255 Å². The first-order valence-corrected chi connectivity index (χ1v) is 21.5. The molecular weight excluding hydrogens is 745 g/mol. The van der Waals surface area contributed by atoms with Gasteiger partial charge in [0.05, 0.1) is 5.69 Å². The number of para-hydroxylation sites is 2. The van der Waals surface area contributed by atoms with E-state index in [4.69, 9.17) is 0 Å². The van der Waals surface area contributed by atoms with Crippen LogP contribution in [0.1, 0.15) is 0 Å². The van der Waals surface area contributed by atoms with Crippen LogP contribution < -0.4 is 21.3 Å². The van der Waals surface area contributed by atoms with E-state index in [0.717, 1.165) is 5.69 Å². The lowest BCUT2D eigenvalue weighted by molar-refractivity contribution is 1.29. The minimum atomic E-state index is -0.0853. The molecule has 62 heavy (non-hydrogen) atoms. The highest BCUT2D eigenvalue weighted by Gasteiger charge is 2.39. The number of rotatable bonds is 8. The Morgan fingerprint density at radius 2 is 0.516 bits per heavy atom. The summed E-state index contributed by atoms with van der Waals surface area (Å²) >= 11 is 0. The van der Waals surface area contributed by atoms with Crippen molar-refractivity contribution in [1.82, 2.24) is 0 Å². The first kappa shape index (κ1) is 37.1. The molecule has 2 heteroatoms. The Morgan fingerprint density at radius 1 is 0.242 bits per heavy atom. The molecule has 0 saturated heterocycles. The largest absolute Gasteiger partial charge is 0.310 e. The first-order chi connectivity index (χ1) is 30.8.